The molecule has 0 atom stereocenters. The van der Waals surface area contributed by atoms with Crippen LogP contribution in [0.1, 0.15) is 17.5 Å². The highest BCUT2D eigenvalue weighted by atomic mass is 19.4. The lowest BCUT2D eigenvalue weighted by Gasteiger charge is -2.13. The van der Waals surface area contributed by atoms with Crippen LogP contribution < -0.4 is 0 Å². The van der Waals surface area contributed by atoms with Gasteiger partial charge in [-0.3, -0.25) is 4.79 Å². The zero-order chi connectivity index (χ0) is 13.8. The number of halogens is 3. The van der Waals surface area contributed by atoms with Crippen molar-refractivity contribution in [3.63, 3.8) is 0 Å². The fourth-order valence-electron chi connectivity index (χ4n) is 1.56. The number of hydrogen-bond donors (Lipinski definition) is 0. The molecule has 0 bridgehead atoms. The third kappa shape index (κ3) is 3.91. The molecule has 0 aliphatic carbocycles. The van der Waals surface area contributed by atoms with Crippen molar-refractivity contribution in [3.05, 3.63) is 47.5 Å². The fourth-order valence-corrected chi connectivity index (χ4v) is 1.56. The molecule has 0 aliphatic rings. The van der Waals surface area contributed by atoms with Crippen LogP contribution in [0.25, 0.3) is 0 Å². The molecule has 0 amide bonds. The summed E-state index contributed by atoms with van der Waals surface area (Å²) in [6.07, 6.45) is -4.48. The molecule has 0 saturated heterocycles. The van der Waals surface area contributed by atoms with Crippen molar-refractivity contribution in [2.75, 3.05) is 7.11 Å². The summed E-state index contributed by atoms with van der Waals surface area (Å²) in [7, 11) is 1.22. The summed E-state index contributed by atoms with van der Waals surface area (Å²) in [6.45, 7) is 3.59. The van der Waals surface area contributed by atoms with Gasteiger partial charge in [0.1, 0.15) is 0 Å². The lowest BCUT2D eigenvalue weighted by Crippen LogP contribution is -2.10. The van der Waals surface area contributed by atoms with Crippen LogP contribution in [0.15, 0.2) is 36.4 Å². The Bertz CT molecular complexity index is 450. The van der Waals surface area contributed by atoms with E-state index in [9.17, 15) is 18.0 Å². The van der Waals surface area contributed by atoms with Gasteiger partial charge in [0.15, 0.2) is 0 Å². The van der Waals surface area contributed by atoms with E-state index in [4.69, 9.17) is 0 Å². The fraction of sp³-hybridized carbons (Fsp3) is 0.308. The lowest BCUT2D eigenvalue weighted by atomic mass is 9.99. The molecule has 1 rings (SSSR count). The SMILES string of the molecule is C=C(CC(=O)OC)Cc1ccccc1C(F)(F)F. The van der Waals surface area contributed by atoms with Crippen LogP contribution in [-0.2, 0) is 22.1 Å². The van der Waals surface area contributed by atoms with E-state index in [-0.39, 0.29) is 18.4 Å². The summed E-state index contributed by atoms with van der Waals surface area (Å²) in [4.78, 5) is 11.0. The highest BCUT2D eigenvalue weighted by molar-refractivity contribution is 5.72. The monoisotopic (exact) mass is 258 g/mol. The Hall–Kier alpha value is -1.78. The third-order valence-electron chi connectivity index (χ3n) is 2.39. The van der Waals surface area contributed by atoms with Crippen molar-refractivity contribution >= 4 is 5.97 Å². The lowest BCUT2D eigenvalue weighted by molar-refractivity contribution is -0.139. The van der Waals surface area contributed by atoms with E-state index in [0.717, 1.165) is 6.07 Å². The molecule has 0 aliphatic heterocycles. The first-order chi connectivity index (χ1) is 8.34. The molecular formula is C13H13F3O2. The van der Waals surface area contributed by atoms with Gasteiger partial charge < -0.3 is 4.74 Å². The number of hydrogen-bond acceptors (Lipinski definition) is 2. The summed E-state index contributed by atoms with van der Waals surface area (Å²) in [6, 6.07) is 5.25. The predicted molar refractivity (Wildman–Crippen MR) is 60.9 cm³/mol. The summed E-state index contributed by atoms with van der Waals surface area (Å²) < 4.78 is 42.6. The first kappa shape index (κ1) is 14.3. The molecule has 0 aromatic heterocycles. The second-order valence-corrected chi connectivity index (χ2v) is 3.83. The van der Waals surface area contributed by atoms with E-state index in [1.54, 1.807) is 0 Å². The normalized spacial score (nSPS) is 11.1. The van der Waals surface area contributed by atoms with E-state index < -0.39 is 17.7 Å². The number of esters is 1. The van der Waals surface area contributed by atoms with Gasteiger partial charge in [-0.15, -0.1) is 0 Å². The molecule has 2 nitrogen and oxygen atoms in total. The van der Waals surface area contributed by atoms with Crippen molar-refractivity contribution in [2.45, 2.75) is 19.0 Å². The van der Waals surface area contributed by atoms with Gasteiger partial charge in [0, 0.05) is 0 Å². The number of carbonyl (C=O) groups excluding carboxylic acids is 1. The average Bonchev–Trinajstić information content (AvgIpc) is 2.27. The van der Waals surface area contributed by atoms with E-state index in [2.05, 4.69) is 11.3 Å². The van der Waals surface area contributed by atoms with E-state index in [0.29, 0.717) is 5.57 Å². The van der Waals surface area contributed by atoms with E-state index in [1.165, 1.54) is 25.3 Å². The van der Waals surface area contributed by atoms with Gasteiger partial charge in [0.2, 0.25) is 0 Å². The maximum Gasteiger partial charge on any atom is 0.416 e. The predicted octanol–water partition coefficient (Wildman–Crippen LogP) is 3.37. The number of ether oxygens (including phenoxy) is 1. The molecule has 1 aromatic carbocycles. The Morgan fingerprint density at radius 1 is 1.33 bits per heavy atom. The Labute approximate surface area is 103 Å². The van der Waals surface area contributed by atoms with Crippen LogP contribution in [0.2, 0.25) is 0 Å². The van der Waals surface area contributed by atoms with Crippen LogP contribution in [-0.4, -0.2) is 13.1 Å². The second-order valence-electron chi connectivity index (χ2n) is 3.83. The van der Waals surface area contributed by atoms with Crippen molar-refractivity contribution < 1.29 is 22.7 Å². The molecule has 0 spiro atoms. The minimum absolute atomic E-state index is 0.00475. The Kier molecular flexibility index (Phi) is 4.53. The minimum atomic E-state index is -4.40. The van der Waals surface area contributed by atoms with Crippen molar-refractivity contribution in [1.82, 2.24) is 0 Å². The summed E-state index contributed by atoms with van der Waals surface area (Å²) in [5.41, 5.74) is -0.200. The van der Waals surface area contributed by atoms with Crippen LogP contribution >= 0.6 is 0 Å². The van der Waals surface area contributed by atoms with Crippen LogP contribution in [0.5, 0.6) is 0 Å². The maximum absolute atomic E-state index is 12.7. The van der Waals surface area contributed by atoms with Crippen molar-refractivity contribution in [3.8, 4) is 0 Å². The average molecular weight is 258 g/mol. The molecule has 5 heteroatoms. The second kappa shape index (κ2) is 5.71. The molecule has 0 fully saturated rings. The molecule has 18 heavy (non-hydrogen) atoms. The van der Waals surface area contributed by atoms with Crippen LogP contribution in [0.4, 0.5) is 13.2 Å². The number of carbonyl (C=O) groups is 1. The molecular weight excluding hydrogens is 245 g/mol. The summed E-state index contributed by atoms with van der Waals surface area (Å²) >= 11 is 0. The Balaban J connectivity index is 2.85. The molecule has 0 saturated carbocycles. The van der Waals surface area contributed by atoms with Gasteiger partial charge in [-0.1, -0.05) is 30.4 Å². The van der Waals surface area contributed by atoms with Gasteiger partial charge in [0.25, 0.3) is 0 Å². The first-order valence-corrected chi connectivity index (χ1v) is 5.23. The largest absolute Gasteiger partial charge is 0.469 e. The smallest absolute Gasteiger partial charge is 0.416 e. The quantitative estimate of drug-likeness (QED) is 0.611. The number of benzene rings is 1. The topological polar surface area (TPSA) is 26.3 Å². The highest BCUT2D eigenvalue weighted by Gasteiger charge is 2.32. The highest BCUT2D eigenvalue weighted by Crippen LogP contribution is 2.32. The van der Waals surface area contributed by atoms with Crippen LogP contribution in [0, 0.1) is 0 Å². The zero-order valence-electron chi connectivity index (χ0n) is 9.88. The zero-order valence-corrected chi connectivity index (χ0v) is 9.88. The Morgan fingerprint density at radius 2 is 1.94 bits per heavy atom. The summed E-state index contributed by atoms with van der Waals surface area (Å²) in [5, 5.41) is 0. The molecule has 0 heterocycles. The minimum Gasteiger partial charge on any atom is -0.469 e. The standard InChI is InChI=1S/C13H13F3O2/c1-9(8-12(17)18-2)7-10-5-3-4-6-11(10)13(14,15)16/h3-6H,1,7-8H2,2H3. The van der Waals surface area contributed by atoms with Crippen LogP contribution in [0.3, 0.4) is 0 Å². The number of alkyl halides is 3. The van der Waals surface area contributed by atoms with Crippen molar-refractivity contribution in [1.29, 1.82) is 0 Å². The maximum atomic E-state index is 12.7. The van der Waals surface area contributed by atoms with Gasteiger partial charge in [-0.25, -0.2) is 0 Å². The molecule has 0 unspecified atom stereocenters. The van der Waals surface area contributed by atoms with Gasteiger partial charge in [0.05, 0.1) is 19.1 Å². The molecule has 1 aromatic rings. The van der Waals surface area contributed by atoms with Gasteiger partial charge in [-0.2, -0.15) is 13.2 Å². The molecule has 98 valence electrons. The van der Waals surface area contributed by atoms with Gasteiger partial charge in [-0.05, 0) is 18.1 Å². The Morgan fingerprint density at radius 3 is 2.50 bits per heavy atom. The van der Waals surface area contributed by atoms with Gasteiger partial charge >= 0.3 is 12.1 Å². The summed E-state index contributed by atoms with van der Waals surface area (Å²) in [5.74, 6) is -0.510. The van der Waals surface area contributed by atoms with E-state index >= 15 is 0 Å². The molecule has 0 radical (unpaired) electrons. The van der Waals surface area contributed by atoms with Crippen molar-refractivity contribution in [2.24, 2.45) is 0 Å². The first-order valence-electron chi connectivity index (χ1n) is 5.23. The third-order valence-corrected chi connectivity index (χ3v) is 2.39. The number of rotatable bonds is 4. The van der Waals surface area contributed by atoms with E-state index in [1.807, 2.05) is 0 Å². The number of methoxy groups -OCH3 is 1. The molecule has 0 N–H and O–H groups in total.